The molecule has 0 aliphatic heterocycles. The minimum absolute atomic E-state index is 0.0658. The summed E-state index contributed by atoms with van der Waals surface area (Å²) in [6, 6.07) is 13.9. The molecule has 0 bridgehead atoms. The second-order valence-corrected chi connectivity index (χ2v) is 10.4. The first-order valence-corrected chi connectivity index (χ1v) is 14.7. The zero-order valence-electron chi connectivity index (χ0n) is 24.7. The van der Waals surface area contributed by atoms with Crippen LogP contribution in [-0.4, -0.2) is 54.0 Å². The average Bonchev–Trinajstić information content (AvgIpc) is 3.43. The fraction of sp³-hybridized carbons (Fsp3) is 0.200. The van der Waals surface area contributed by atoms with E-state index in [9.17, 15) is 19.2 Å². The van der Waals surface area contributed by atoms with Crippen LogP contribution in [0.25, 0.3) is 33.3 Å². The highest BCUT2D eigenvalue weighted by molar-refractivity contribution is 5.99. The number of furan rings is 1. The number of carboxylic acid groups (broad SMARTS) is 1. The van der Waals surface area contributed by atoms with Crippen LogP contribution >= 0.6 is 0 Å². The number of anilines is 1. The van der Waals surface area contributed by atoms with Gasteiger partial charge in [-0.3, -0.25) is 14.4 Å². The van der Waals surface area contributed by atoms with Crippen molar-refractivity contribution in [3.8, 4) is 11.3 Å². The smallest absolute Gasteiger partial charge is 0.347 e. The van der Waals surface area contributed by atoms with E-state index in [1.165, 1.54) is 0 Å². The second-order valence-electron chi connectivity index (χ2n) is 10.4. The normalized spacial score (nSPS) is 15.8. The van der Waals surface area contributed by atoms with Crippen LogP contribution in [0, 0.1) is 0 Å². The molecule has 1 aliphatic rings. The van der Waals surface area contributed by atoms with Gasteiger partial charge in [0.05, 0.1) is 0 Å². The fourth-order valence-corrected chi connectivity index (χ4v) is 4.87. The van der Waals surface area contributed by atoms with E-state index in [2.05, 4.69) is 10.6 Å². The van der Waals surface area contributed by atoms with Crippen molar-refractivity contribution in [1.82, 2.24) is 10.2 Å². The molecule has 10 nitrogen and oxygen atoms in total. The van der Waals surface area contributed by atoms with Crippen LogP contribution in [0.2, 0.25) is 0 Å². The van der Waals surface area contributed by atoms with Crippen LogP contribution in [0.15, 0.2) is 110 Å². The molecule has 1 aliphatic carbocycles. The fourth-order valence-electron chi connectivity index (χ4n) is 4.87. The number of amides is 2. The summed E-state index contributed by atoms with van der Waals surface area (Å²) in [4.78, 5) is 51.2. The number of benzene rings is 2. The first-order chi connectivity index (χ1) is 21.8. The average molecular weight is 608 g/mol. The number of nitrogens with zero attached hydrogens (tertiary/aromatic N) is 1. The Bertz CT molecular complexity index is 1930. The molecule has 0 saturated carbocycles. The molecular formula is C35H33N3O7. The summed E-state index contributed by atoms with van der Waals surface area (Å²) in [7, 11) is 0. The van der Waals surface area contributed by atoms with E-state index in [0.29, 0.717) is 65.2 Å². The molecule has 2 heterocycles. The summed E-state index contributed by atoms with van der Waals surface area (Å²) >= 11 is 0. The zero-order valence-corrected chi connectivity index (χ0v) is 24.7. The predicted molar refractivity (Wildman–Crippen MR) is 173 cm³/mol. The Labute approximate surface area is 259 Å². The van der Waals surface area contributed by atoms with Gasteiger partial charge in [0.25, 0.3) is 11.8 Å². The van der Waals surface area contributed by atoms with Crippen molar-refractivity contribution < 1.29 is 28.3 Å². The van der Waals surface area contributed by atoms with Gasteiger partial charge in [0.1, 0.15) is 22.5 Å². The van der Waals surface area contributed by atoms with Crippen LogP contribution in [-0.2, 0) is 9.59 Å². The molecule has 0 radical (unpaired) electrons. The molecule has 0 saturated heterocycles. The van der Waals surface area contributed by atoms with Crippen LogP contribution in [0.3, 0.4) is 0 Å². The molecule has 230 valence electrons. The number of allylic oxidation sites excluding steroid dienone is 6. The number of hydrogen-bond acceptors (Lipinski definition) is 7. The molecule has 0 spiro atoms. The molecule has 0 atom stereocenters. The van der Waals surface area contributed by atoms with Crippen LogP contribution in [0.1, 0.15) is 30.1 Å². The molecule has 2 amide bonds. The van der Waals surface area contributed by atoms with Crippen LogP contribution in [0.4, 0.5) is 5.69 Å². The molecule has 2 aromatic carbocycles. The molecular weight excluding hydrogens is 574 g/mol. The number of nitrogens with one attached hydrogen (secondary N) is 2. The highest BCUT2D eigenvalue weighted by Crippen LogP contribution is 2.29. The summed E-state index contributed by atoms with van der Waals surface area (Å²) < 4.78 is 11.6. The van der Waals surface area contributed by atoms with Gasteiger partial charge in [-0.25, -0.2) is 4.79 Å². The molecule has 0 fully saturated rings. The molecule has 3 N–H and O–H groups in total. The highest BCUT2D eigenvalue weighted by Gasteiger charge is 2.18. The molecule has 2 aromatic heterocycles. The monoisotopic (exact) mass is 607 g/mol. The number of likely N-dealkylation sites (N-methyl/N-ethyl adjacent to an activating group) is 1. The van der Waals surface area contributed by atoms with E-state index in [4.69, 9.17) is 13.9 Å². The van der Waals surface area contributed by atoms with Crippen molar-refractivity contribution in [3.63, 3.8) is 0 Å². The van der Waals surface area contributed by atoms with Gasteiger partial charge in [-0.15, -0.1) is 0 Å². The number of rotatable bonds is 12. The van der Waals surface area contributed by atoms with Gasteiger partial charge < -0.3 is 29.5 Å². The highest BCUT2D eigenvalue weighted by atomic mass is 16.4. The first-order valence-electron chi connectivity index (χ1n) is 14.7. The number of hydrogen-bond donors (Lipinski definition) is 3. The third kappa shape index (κ3) is 7.66. The van der Waals surface area contributed by atoms with Crippen LogP contribution in [0.5, 0.6) is 0 Å². The minimum Gasteiger partial charge on any atom is -0.481 e. The largest absolute Gasteiger partial charge is 0.481 e. The van der Waals surface area contributed by atoms with E-state index < -0.39 is 11.6 Å². The number of carbonyl (C=O) groups is 3. The topological polar surface area (TPSA) is 142 Å². The number of fused-ring (bicyclic) bond motifs is 2. The van der Waals surface area contributed by atoms with Crippen molar-refractivity contribution in [1.29, 1.82) is 0 Å². The van der Waals surface area contributed by atoms with Crippen molar-refractivity contribution in [3.05, 3.63) is 113 Å². The van der Waals surface area contributed by atoms with Gasteiger partial charge in [0, 0.05) is 66.3 Å². The number of carbonyl (C=O) groups excluding carboxylic acids is 2. The summed E-state index contributed by atoms with van der Waals surface area (Å²) in [5.74, 6) is -0.959. The van der Waals surface area contributed by atoms with Gasteiger partial charge in [0.2, 0.25) is 0 Å². The lowest BCUT2D eigenvalue weighted by molar-refractivity contribution is -0.137. The first kappa shape index (κ1) is 30.8. The maximum absolute atomic E-state index is 13.3. The van der Waals surface area contributed by atoms with Gasteiger partial charge in [0.15, 0.2) is 0 Å². The molecule has 10 heteroatoms. The van der Waals surface area contributed by atoms with E-state index in [1.807, 2.05) is 37.3 Å². The SMILES string of the molecule is CCN(CCNC(=O)C1=C/C=C\C=C/C=C\1)C(=O)c1ccc2cc(-c3cc4ccc(NCCCC(=O)O)cc4oc3=O)oc2c1. The minimum atomic E-state index is -0.851. The maximum Gasteiger partial charge on any atom is 0.347 e. The molecule has 4 aromatic rings. The van der Waals surface area contributed by atoms with Crippen molar-refractivity contribution >= 4 is 45.4 Å². The lowest BCUT2D eigenvalue weighted by Crippen LogP contribution is -2.38. The predicted octanol–water partition coefficient (Wildman–Crippen LogP) is 5.67. The number of carboxylic acids is 1. The van der Waals surface area contributed by atoms with Crippen molar-refractivity contribution in [2.45, 2.75) is 19.8 Å². The Balaban J connectivity index is 1.26. The van der Waals surface area contributed by atoms with E-state index in [0.717, 1.165) is 5.39 Å². The summed E-state index contributed by atoms with van der Waals surface area (Å²) in [5.41, 5.74) is 2.18. The summed E-state index contributed by atoms with van der Waals surface area (Å²) in [5, 5.41) is 16.2. The van der Waals surface area contributed by atoms with Crippen LogP contribution < -0.4 is 16.3 Å². The van der Waals surface area contributed by atoms with Gasteiger partial charge in [-0.1, -0.05) is 36.4 Å². The van der Waals surface area contributed by atoms with E-state index >= 15 is 0 Å². The van der Waals surface area contributed by atoms with E-state index in [1.54, 1.807) is 65.6 Å². The Morgan fingerprint density at radius 2 is 1.62 bits per heavy atom. The quantitative estimate of drug-likeness (QED) is 0.138. The molecule has 5 rings (SSSR count). The number of aliphatic carboxylic acids is 1. The Morgan fingerprint density at radius 1 is 0.867 bits per heavy atom. The summed E-state index contributed by atoms with van der Waals surface area (Å²) in [6.45, 7) is 3.41. The Kier molecular flexibility index (Phi) is 9.74. The molecule has 0 unspecified atom stereocenters. The van der Waals surface area contributed by atoms with Gasteiger partial charge >= 0.3 is 11.6 Å². The summed E-state index contributed by atoms with van der Waals surface area (Å²) in [6.07, 6.45) is 13.1. The van der Waals surface area contributed by atoms with Crippen molar-refractivity contribution in [2.75, 3.05) is 31.5 Å². The Morgan fingerprint density at radius 3 is 2.44 bits per heavy atom. The maximum atomic E-state index is 13.3. The Hall–Kier alpha value is -5.64. The lowest BCUT2D eigenvalue weighted by atomic mass is 10.1. The standard InChI is InChI=1S/C35H33N3O7/c1-2-38(18-17-37-33(41)23-9-6-4-3-5-7-10-23)34(42)26-13-12-25-20-31(44-29(25)21-26)28-19-24-14-15-27(22-30(24)45-35(28)43)36-16-8-11-32(39)40/h3-7,9-10,12-15,19-22,36H,2,8,11,16-18H2,1H3,(H,37,41)(H,39,40)/b4-3-,5-3?,6-4?,7-5-,9-6-,10-7?,23-9?,23-10+. The third-order valence-electron chi connectivity index (χ3n) is 7.26. The zero-order chi connectivity index (χ0) is 31.8. The third-order valence-corrected chi connectivity index (χ3v) is 7.26. The van der Waals surface area contributed by atoms with Gasteiger partial charge in [-0.2, -0.15) is 0 Å². The molecule has 45 heavy (non-hydrogen) atoms. The van der Waals surface area contributed by atoms with Gasteiger partial charge in [-0.05, 0) is 61.9 Å². The van der Waals surface area contributed by atoms with E-state index in [-0.39, 0.29) is 30.3 Å². The van der Waals surface area contributed by atoms with Crippen molar-refractivity contribution in [2.24, 2.45) is 0 Å². The lowest BCUT2D eigenvalue weighted by Gasteiger charge is -2.21. The second kappa shape index (κ2) is 14.2.